The zero-order valence-electron chi connectivity index (χ0n) is 15.1. The van der Waals surface area contributed by atoms with Crippen LogP contribution in [0.15, 0.2) is 78.9 Å². The summed E-state index contributed by atoms with van der Waals surface area (Å²) >= 11 is 0. The van der Waals surface area contributed by atoms with Gasteiger partial charge in [-0.15, -0.1) is 13.2 Å². The van der Waals surface area contributed by atoms with Gasteiger partial charge in [0.25, 0.3) is 0 Å². The molecule has 0 saturated carbocycles. The molecule has 0 aliphatic carbocycles. The molecule has 0 aliphatic heterocycles. The molecule has 0 atom stereocenters. The van der Waals surface area contributed by atoms with Crippen molar-refractivity contribution in [3.63, 3.8) is 0 Å². The smallest absolute Gasteiger partial charge is 0.457 e. The molecule has 0 fully saturated rings. The van der Waals surface area contributed by atoms with E-state index in [1.54, 1.807) is 30.3 Å². The van der Waals surface area contributed by atoms with Crippen LogP contribution in [0.25, 0.3) is 0 Å². The molecule has 3 rings (SSSR count). The number of halogens is 3. The summed E-state index contributed by atoms with van der Waals surface area (Å²) in [5.41, 5.74) is 1.01. The molecule has 5 nitrogen and oxygen atoms in total. The second-order valence-corrected chi connectivity index (χ2v) is 5.94. The van der Waals surface area contributed by atoms with Crippen molar-refractivity contribution in [1.82, 2.24) is 5.32 Å². The zero-order valence-corrected chi connectivity index (χ0v) is 15.1. The molecule has 29 heavy (non-hydrogen) atoms. The first-order valence-corrected chi connectivity index (χ1v) is 8.60. The highest BCUT2D eigenvalue weighted by Gasteiger charge is 2.31. The molecule has 2 N–H and O–H groups in total. The molecule has 0 spiro atoms. The van der Waals surface area contributed by atoms with Gasteiger partial charge in [-0.25, -0.2) is 4.79 Å². The lowest BCUT2D eigenvalue weighted by molar-refractivity contribution is -0.274. The van der Waals surface area contributed by atoms with Gasteiger partial charge in [0, 0.05) is 12.2 Å². The number of urea groups is 1. The van der Waals surface area contributed by atoms with Crippen LogP contribution >= 0.6 is 0 Å². The van der Waals surface area contributed by atoms with Crippen LogP contribution in [0.4, 0.5) is 23.7 Å². The first-order valence-electron chi connectivity index (χ1n) is 8.60. The number of alkyl halides is 3. The van der Waals surface area contributed by atoms with Gasteiger partial charge in [0.15, 0.2) is 0 Å². The van der Waals surface area contributed by atoms with Crippen molar-refractivity contribution in [1.29, 1.82) is 0 Å². The number of hydrogen-bond acceptors (Lipinski definition) is 3. The van der Waals surface area contributed by atoms with E-state index in [0.717, 1.165) is 0 Å². The summed E-state index contributed by atoms with van der Waals surface area (Å²) in [6.45, 7) is 0.0378. The summed E-state index contributed by atoms with van der Waals surface area (Å²) in [6, 6.07) is 20.9. The van der Waals surface area contributed by atoms with Crippen molar-refractivity contribution in [2.24, 2.45) is 0 Å². The number of anilines is 1. The lowest BCUT2D eigenvalue weighted by atomic mass is 10.2. The van der Waals surface area contributed by atoms with E-state index in [0.29, 0.717) is 22.7 Å². The van der Waals surface area contributed by atoms with Crippen LogP contribution in [0.5, 0.6) is 17.2 Å². The van der Waals surface area contributed by atoms with Crippen LogP contribution < -0.4 is 20.1 Å². The first kappa shape index (κ1) is 20.1. The topological polar surface area (TPSA) is 59.6 Å². The quantitative estimate of drug-likeness (QED) is 0.556. The Labute approximate surface area is 165 Å². The van der Waals surface area contributed by atoms with Crippen molar-refractivity contribution >= 4 is 11.7 Å². The van der Waals surface area contributed by atoms with Crippen molar-refractivity contribution in [3.05, 3.63) is 84.4 Å². The van der Waals surface area contributed by atoms with Gasteiger partial charge in [-0.2, -0.15) is 0 Å². The minimum atomic E-state index is -4.76. The minimum absolute atomic E-state index is 0.0378. The molecule has 2 amide bonds. The number of benzene rings is 3. The Morgan fingerprint density at radius 1 is 0.828 bits per heavy atom. The SMILES string of the molecule is O=C(NCc1cccc(OC(F)(F)F)c1)Nc1ccc(Oc2ccccc2)cc1. The van der Waals surface area contributed by atoms with Gasteiger partial charge in [-0.3, -0.25) is 0 Å². The number of nitrogens with one attached hydrogen (secondary N) is 2. The van der Waals surface area contributed by atoms with E-state index < -0.39 is 12.4 Å². The minimum Gasteiger partial charge on any atom is -0.457 e. The molecular weight excluding hydrogens is 385 g/mol. The third-order valence-corrected chi connectivity index (χ3v) is 3.68. The predicted octanol–water partition coefficient (Wildman–Crippen LogP) is 5.70. The predicted molar refractivity (Wildman–Crippen MR) is 102 cm³/mol. The van der Waals surface area contributed by atoms with E-state index in [4.69, 9.17) is 4.74 Å². The molecule has 0 saturated heterocycles. The van der Waals surface area contributed by atoms with E-state index in [9.17, 15) is 18.0 Å². The number of carbonyl (C=O) groups excluding carboxylic acids is 1. The standard InChI is InChI=1S/C21H17F3N2O3/c22-21(23,24)29-19-8-4-5-15(13-19)14-25-20(27)26-16-9-11-18(12-10-16)28-17-6-2-1-3-7-17/h1-13H,14H2,(H2,25,26,27). The zero-order chi connectivity index (χ0) is 20.7. The van der Waals surface area contributed by atoms with E-state index >= 15 is 0 Å². The summed E-state index contributed by atoms with van der Waals surface area (Å²) in [6.07, 6.45) is -4.76. The summed E-state index contributed by atoms with van der Waals surface area (Å²) < 4.78 is 46.3. The highest BCUT2D eigenvalue weighted by molar-refractivity contribution is 5.89. The highest BCUT2D eigenvalue weighted by atomic mass is 19.4. The maximum atomic E-state index is 12.3. The molecule has 0 radical (unpaired) electrons. The number of carbonyl (C=O) groups is 1. The molecule has 3 aromatic carbocycles. The van der Waals surface area contributed by atoms with E-state index in [1.807, 2.05) is 30.3 Å². The van der Waals surface area contributed by atoms with Crippen LogP contribution in [-0.4, -0.2) is 12.4 Å². The Kier molecular flexibility index (Phi) is 6.23. The second kappa shape index (κ2) is 9.01. The molecule has 0 unspecified atom stereocenters. The molecule has 8 heteroatoms. The van der Waals surface area contributed by atoms with E-state index in [-0.39, 0.29) is 12.3 Å². The molecule has 0 heterocycles. The fourth-order valence-electron chi connectivity index (χ4n) is 2.44. The van der Waals surface area contributed by atoms with Crippen LogP contribution in [0.3, 0.4) is 0 Å². The maximum Gasteiger partial charge on any atom is 0.573 e. The van der Waals surface area contributed by atoms with Crippen LogP contribution in [0, 0.1) is 0 Å². The monoisotopic (exact) mass is 402 g/mol. The Morgan fingerprint density at radius 3 is 2.17 bits per heavy atom. The number of rotatable bonds is 6. The summed E-state index contributed by atoms with van der Waals surface area (Å²) in [4.78, 5) is 12.0. The van der Waals surface area contributed by atoms with Crippen molar-refractivity contribution in [2.75, 3.05) is 5.32 Å². The summed E-state index contributed by atoms with van der Waals surface area (Å²) in [5, 5.41) is 5.21. The first-order chi connectivity index (χ1) is 13.9. The molecule has 0 aliphatic rings. The number of amides is 2. The summed E-state index contributed by atoms with van der Waals surface area (Å²) in [5.74, 6) is 0.970. The molecule has 0 aromatic heterocycles. The van der Waals surface area contributed by atoms with Gasteiger partial charge in [-0.1, -0.05) is 30.3 Å². The van der Waals surface area contributed by atoms with Gasteiger partial charge in [0.05, 0.1) is 0 Å². The van der Waals surface area contributed by atoms with Gasteiger partial charge < -0.3 is 20.1 Å². The Balaban J connectivity index is 1.50. The van der Waals surface area contributed by atoms with Crippen molar-refractivity contribution in [2.45, 2.75) is 12.9 Å². The van der Waals surface area contributed by atoms with Crippen LogP contribution in [-0.2, 0) is 6.54 Å². The third-order valence-electron chi connectivity index (χ3n) is 3.68. The largest absolute Gasteiger partial charge is 0.573 e. The Bertz CT molecular complexity index is 945. The highest BCUT2D eigenvalue weighted by Crippen LogP contribution is 2.24. The number of hydrogen-bond donors (Lipinski definition) is 2. The lowest BCUT2D eigenvalue weighted by Crippen LogP contribution is -2.28. The summed E-state index contributed by atoms with van der Waals surface area (Å²) in [7, 11) is 0. The van der Waals surface area contributed by atoms with Crippen molar-refractivity contribution in [3.8, 4) is 17.2 Å². The van der Waals surface area contributed by atoms with Gasteiger partial charge >= 0.3 is 12.4 Å². The van der Waals surface area contributed by atoms with Crippen molar-refractivity contribution < 1.29 is 27.4 Å². The van der Waals surface area contributed by atoms with Gasteiger partial charge in [0.1, 0.15) is 17.2 Å². The average Bonchev–Trinajstić information content (AvgIpc) is 2.68. The number of ether oxygens (including phenoxy) is 2. The third kappa shape index (κ3) is 6.76. The molecule has 3 aromatic rings. The Hall–Kier alpha value is -3.68. The van der Waals surface area contributed by atoms with E-state index in [1.165, 1.54) is 18.2 Å². The van der Waals surface area contributed by atoms with Crippen LogP contribution in [0.2, 0.25) is 0 Å². The molecular formula is C21H17F3N2O3. The van der Waals surface area contributed by atoms with Crippen LogP contribution in [0.1, 0.15) is 5.56 Å². The number of para-hydroxylation sites is 1. The van der Waals surface area contributed by atoms with Gasteiger partial charge in [0.2, 0.25) is 0 Å². The van der Waals surface area contributed by atoms with Gasteiger partial charge in [-0.05, 0) is 54.1 Å². The molecule has 0 bridgehead atoms. The maximum absolute atomic E-state index is 12.3. The molecule has 150 valence electrons. The fraction of sp³-hybridized carbons (Fsp3) is 0.0952. The average molecular weight is 402 g/mol. The normalized spacial score (nSPS) is 10.9. The Morgan fingerprint density at radius 2 is 1.48 bits per heavy atom. The second-order valence-electron chi connectivity index (χ2n) is 5.94. The van der Waals surface area contributed by atoms with E-state index in [2.05, 4.69) is 15.4 Å². The fourth-order valence-corrected chi connectivity index (χ4v) is 2.44. The lowest BCUT2D eigenvalue weighted by Gasteiger charge is -2.11.